The summed E-state index contributed by atoms with van der Waals surface area (Å²) in [7, 11) is 0. The van der Waals surface area contributed by atoms with E-state index in [0.717, 1.165) is 77.2 Å². The zero-order valence-electron chi connectivity index (χ0n) is 28.9. The second kappa shape index (κ2) is 15.7. The number of piperidine rings is 1. The second-order valence-electron chi connectivity index (χ2n) is 13.0. The molecule has 9 nitrogen and oxygen atoms in total. The normalized spacial score (nSPS) is 13.7. The van der Waals surface area contributed by atoms with Gasteiger partial charge in [-0.1, -0.05) is 121 Å². The van der Waals surface area contributed by atoms with Gasteiger partial charge in [0.1, 0.15) is 11.4 Å². The van der Waals surface area contributed by atoms with E-state index in [2.05, 4.69) is 75.6 Å². The number of aromatic nitrogens is 5. The van der Waals surface area contributed by atoms with Crippen LogP contribution < -0.4 is 5.69 Å². The number of alkyl halides is 3. The molecule has 0 radical (unpaired) electrons. The standard InChI is InChI=1S/C40H34N6O.C2HF3O2/c47-40-41-35-13-7-8-14-36(35)46(40)34-23-25-45(26-24-34)27-28-15-17-32(18-16-28)37-38(31-11-5-2-6-12-31)43-44-39(42-37)33-21-19-30(20-22-33)29-9-3-1-4-10-29;3-2(4,5)1(6)7/h1-22,34H,23-27H2,(H,41,47);(H,6,7). The zero-order chi connectivity index (χ0) is 37.7. The van der Waals surface area contributed by atoms with Gasteiger partial charge in [-0.15, -0.1) is 10.2 Å². The van der Waals surface area contributed by atoms with Crippen molar-refractivity contribution in [3.63, 3.8) is 0 Å². The molecule has 1 aliphatic heterocycles. The van der Waals surface area contributed by atoms with Gasteiger partial charge in [0, 0.05) is 42.4 Å². The summed E-state index contributed by atoms with van der Waals surface area (Å²) >= 11 is 0. The van der Waals surface area contributed by atoms with Crippen molar-refractivity contribution >= 4 is 17.0 Å². The molecule has 12 heteroatoms. The van der Waals surface area contributed by atoms with Crippen molar-refractivity contribution in [2.24, 2.45) is 0 Å². The van der Waals surface area contributed by atoms with Crippen LogP contribution in [-0.2, 0) is 11.3 Å². The number of benzene rings is 5. The van der Waals surface area contributed by atoms with E-state index in [9.17, 15) is 18.0 Å². The van der Waals surface area contributed by atoms with Crippen molar-refractivity contribution in [3.05, 3.63) is 150 Å². The first-order valence-electron chi connectivity index (χ1n) is 17.4. The Morgan fingerprint density at radius 2 is 1.20 bits per heavy atom. The number of carboxylic acids is 1. The van der Waals surface area contributed by atoms with Gasteiger partial charge in [0.05, 0.1) is 11.0 Å². The zero-order valence-corrected chi connectivity index (χ0v) is 28.9. The Labute approximate surface area is 308 Å². The third kappa shape index (κ3) is 8.13. The number of rotatable bonds is 7. The van der Waals surface area contributed by atoms with Crippen LogP contribution in [0.5, 0.6) is 0 Å². The van der Waals surface area contributed by atoms with Gasteiger partial charge in [-0.2, -0.15) is 13.2 Å². The fourth-order valence-corrected chi connectivity index (χ4v) is 6.68. The predicted molar refractivity (Wildman–Crippen MR) is 201 cm³/mol. The maximum absolute atomic E-state index is 12.7. The third-order valence-corrected chi connectivity index (χ3v) is 9.41. The lowest BCUT2D eigenvalue weighted by molar-refractivity contribution is -0.192. The average molecular weight is 729 g/mol. The number of hydrogen-bond donors (Lipinski definition) is 2. The molecule has 8 rings (SSSR count). The summed E-state index contributed by atoms with van der Waals surface area (Å²) in [5.74, 6) is -2.16. The molecule has 1 aliphatic rings. The Morgan fingerprint density at radius 3 is 1.83 bits per heavy atom. The molecule has 2 N–H and O–H groups in total. The Morgan fingerprint density at radius 1 is 0.685 bits per heavy atom. The van der Waals surface area contributed by atoms with Gasteiger partial charge in [0.25, 0.3) is 0 Å². The SMILES string of the molecule is O=C(O)C(F)(F)F.O=c1[nH]c2ccccc2n1C1CCN(Cc2ccc(-c3nc(-c4ccc(-c5ccccc5)cc4)nnc3-c3ccccc3)cc2)CC1. The van der Waals surface area contributed by atoms with Gasteiger partial charge in [-0.25, -0.2) is 14.6 Å². The van der Waals surface area contributed by atoms with E-state index < -0.39 is 12.1 Å². The highest BCUT2D eigenvalue weighted by molar-refractivity contribution is 5.79. The molecule has 1 saturated heterocycles. The number of halogens is 3. The molecule has 0 saturated carbocycles. The summed E-state index contributed by atoms with van der Waals surface area (Å²) in [5.41, 5.74) is 9.93. The van der Waals surface area contributed by atoms with Crippen LogP contribution in [0.3, 0.4) is 0 Å². The summed E-state index contributed by atoms with van der Waals surface area (Å²) in [6.07, 6.45) is -3.19. The summed E-state index contributed by atoms with van der Waals surface area (Å²) in [5, 5.41) is 16.4. The molecule has 0 aliphatic carbocycles. The minimum Gasteiger partial charge on any atom is -0.475 e. The van der Waals surface area contributed by atoms with Crippen molar-refractivity contribution in [2.45, 2.75) is 31.6 Å². The predicted octanol–water partition coefficient (Wildman–Crippen LogP) is 8.65. The van der Waals surface area contributed by atoms with Gasteiger partial charge >= 0.3 is 17.8 Å². The molecule has 1 fully saturated rings. The molecular formula is C42H35F3N6O3. The number of imidazole rings is 1. The molecule has 5 aromatic carbocycles. The second-order valence-corrected chi connectivity index (χ2v) is 13.0. The Kier molecular flexibility index (Phi) is 10.5. The fourth-order valence-electron chi connectivity index (χ4n) is 6.68. The van der Waals surface area contributed by atoms with Crippen molar-refractivity contribution < 1.29 is 23.1 Å². The number of likely N-dealkylation sites (tertiary alicyclic amines) is 1. The minimum absolute atomic E-state index is 0.0123. The van der Waals surface area contributed by atoms with Crippen LogP contribution in [-0.4, -0.2) is 60.0 Å². The van der Waals surface area contributed by atoms with Gasteiger partial charge in [-0.3, -0.25) is 9.47 Å². The minimum atomic E-state index is -5.08. The molecule has 3 heterocycles. The van der Waals surface area contributed by atoms with Gasteiger partial charge < -0.3 is 10.1 Å². The number of H-pyrrole nitrogens is 1. The van der Waals surface area contributed by atoms with Gasteiger partial charge in [0.15, 0.2) is 5.82 Å². The van der Waals surface area contributed by atoms with Crippen molar-refractivity contribution in [1.82, 2.24) is 29.6 Å². The molecule has 0 atom stereocenters. The fraction of sp³-hybridized carbons (Fsp3) is 0.167. The highest BCUT2D eigenvalue weighted by Crippen LogP contribution is 2.32. The van der Waals surface area contributed by atoms with Crippen LogP contribution in [0.2, 0.25) is 0 Å². The quantitative estimate of drug-likeness (QED) is 0.169. The highest BCUT2D eigenvalue weighted by atomic mass is 19.4. The van der Waals surface area contributed by atoms with Crippen LogP contribution in [0.4, 0.5) is 13.2 Å². The first-order chi connectivity index (χ1) is 26.1. The number of para-hydroxylation sites is 2. The van der Waals surface area contributed by atoms with E-state index in [4.69, 9.17) is 20.0 Å². The number of fused-ring (bicyclic) bond motifs is 1. The Balaban J connectivity index is 0.000000588. The van der Waals surface area contributed by atoms with E-state index in [0.29, 0.717) is 5.82 Å². The smallest absolute Gasteiger partial charge is 0.475 e. The molecule has 0 spiro atoms. The first-order valence-corrected chi connectivity index (χ1v) is 17.4. The lowest BCUT2D eigenvalue weighted by atomic mass is 10.0. The lowest BCUT2D eigenvalue weighted by Gasteiger charge is -2.32. The highest BCUT2D eigenvalue weighted by Gasteiger charge is 2.38. The monoisotopic (exact) mass is 728 g/mol. The first kappa shape index (κ1) is 36.0. The van der Waals surface area contributed by atoms with E-state index >= 15 is 0 Å². The van der Waals surface area contributed by atoms with Crippen molar-refractivity contribution in [1.29, 1.82) is 0 Å². The van der Waals surface area contributed by atoms with Crippen LogP contribution in [0.15, 0.2) is 138 Å². The summed E-state index contributed by atoms with van der Waals surface area (Å²) in [6.45, 7) is 2.75. The summed E-state index contributed by atoms with van der Waals surface area (Å²) < 4.78 is 33.7. The number of hydrogen-bond acceptors (Lipinski definition) is 6. The molecule has 0 bridgehead atoms. The molecule has 7 aromatic rings. The average Bonchev–Trinajstić information content (AvgIpc) is 3.54. The molecule has 272 valence electrons. The maximum Gasteiger partial charge on any atom is 0.490 e. The van der Waals surface area contributed by atoms with Crippen LogP contribution in [0.25, 0.3) is 56.1 Å². The van der Waals surface area contributed by atoms with Crippen LogP contribution in [0.1, 0.15) is 24.4 Å². The molecule has 2 aromatic heterocycles. The number of nitrogens with zero attached hydrogens (tertiary/aromatic N) is 5. The maximum atomic E-state index is 12.7. The van der Waals surface area contributed by atoms with E-state index in [-0.39, 0.29) is 11.7 Å². The number of carboxylic acid groups (broad SMARTS) is 1. The van der Waals surface area contributed by atoms with E-state index in [1.807, 2.05) is 77.4 Å². The van der Waals surface area contributed by atoms with Crippen LogP contribution in [0, 0.1) is 0 Å². The number of aliphatic carboxylic acids is 1. The molecule has 0 unspecified atom stereocenters. The summed E-state index contributed by atoms with van der Waals surface area (Å²) in [6, 6.07) is 45.6. The van der Waals surface area contributed by atoms with E-state index in [1.54, 1.807) is 0 Å². The van der Waals surface area contributed by atoms with Gasteiger partial charge in [0.2, 0.25) is 0 Å². The topological polar surface area (TPSA) is 117 Å². The van der Waals surface area contributed by atoms with Gasteiger partial charge in [-0.05, 0) is 41.7 Å². The number of carbonyl (C=O) groups is 1. The molecular weight excluding hydrogens is 693 g/mol. The lowest BCUT2D eigenvalue weighted by Crippen LogP contribution is -2.36. The Hall–Kier alpha value is -6.40. The van der Waals surface area contributed by atoms with Crippen molar-refractivity contribution in [3.8, 4) is 45.0 Å². The largest absolute Gasteiger partial charge is 0.490 e. The van der Waals surface area contributed by atoms with Crippen LogP contribution >= 0.6 is 0 Å². The van der Waals surface area contributed by atoms with E-state index in [1.165, 1.54) is 11.1 Å². The summed E-state index contributed by atoms with van der Waals surface area (Å²) in [4.78, 5) is 32.2. The molecule has 0 amide bonds. The van der Waals surface area contributed by atoms with Crippen molar-refractivity contribution in [2.75, 3.05) is 13.1 Å². The molecule has 54 heavy (non-hydrogen) atoms. The third-order valence-electron chi connectivity index (χ3n) is 9.41. The Bertz CT molecular complexity index is 2410. The number of aromatic amines is 1. The number of nitrogens with one attached hydrogen (secondary N) is 1.